The zero-order valence-electron chi connectivity index (χ0n) is 13.7. The smallest absolute Gasteiger partial charge is 0.265 e. The minimum Gasteiger partial charge on any atom is -0.492 e. The van der Waals surface area contributed by atoms with Gasteiger partial charge in [-0.05, 0) is 32.0 Å². The van der Waals surface area contributed by atoms with Gasteiger partial charge in [-0.2, -0.15) is 0 Å². The lowest BCUT2D eigenvalue weighted by Gasteiger charge is -2.15. The fraction of sp³-hybridized carbons (Fsp3) is 0.294. The van der Waals surface area contributed by atoms with Gasteiger partial charge in [0.25, 0.3) is 10.0 Å². The lowest BCUT2D eigenvalue weighted by atomic mass is 10.1. The summed E-state index contributed by atoms with van der Waals surface area (Å²) in [5.41, 5.74) is 1.26. The molecule has 0 aliphatic carbocycles. The standard InChI is InChI=1S/C17H17Cl2NO4S/c1-3-23-16-8-11-7-10(2)24-15(11)9-14(16)20-25(21,22)17-12(18)5-4-6-13(17)19/h4-6,8-10,20H,3,7H2,1-2H3. The second-order valence-corrected chi connectivity index (χ2v) is 8.11. The summed E-state index contributed by atoms with van der Waals surface area (Å²) in [6, 6.07) is 7.96. The summed E-state index contributed by atoms with van der Waals surface area (Å²) >= 11 is 12.1. The number of hydrogen-bond donors (Lipinski definition) is 1. The third kappa shape index (κ3) is 3.66. The van der Waals surface area contributed by atoms with Crippen molar-refractivity contribution in [3.63, 3.8) is 0 Å². The van der Waals surface area contributed by atoms with Crippen LogP contribution < -0.4 is 14.2 Å². The van der Waals surface area contributed by atoms with Gasteiger partial charge < -0.3 is 9.47 Å². The van der Waals surface area contributed by atoms with E-state index in [-0.39, 0.29) is 26.7 Å². The Morgan fingerprint density at radius 1 is 1.28 bits per heavy atom. The predicted molar refractivity (Wildman–Crippen MR) is 98.7 cm³/mol. The van der Waals surface area contributed by atoms with E-state index in [1.807, 2.05) is 13.8 Å². The normalized spacial score (nSPS) is 16.2. The maximum Gasteiger partial charge on any atom is 0.265 e. The number of hydrogen-bond acceptors (Lipinski definition) is 4. The Bertz CT molecular complexity index is 895. The molecule has 0 fully saturated rings. The molecule has 1 atom stereocenters. The van der Waals surface area contributed by atoms with E-state index in [4.69, 9.17) is 32.7 Å². The van der Waals surface area contributed by atoms with Crippen molar-refractivity contribution in [3.05, 3.63) is 45.9 Å². The van der Waals surface area contributed by atoms with E-state index in [9.17, 15) is 8.42 Å². The Balaban J connectivity index is 2.04. The molecule has 0 saturated carbocycles. The molecule has 0 aromatic heterocycles. The topological polar surface area (TPSA) is 64.6 Å². The molecule has 0 bridgehead atoms. The molecule has 5 nitrogen and oxygen atoms in total. The molecule has 134 valence electrons. The molecule has 1 N–H and O–H groups in total. The van der Waals surface area contributed by atoms with Crippen LogP contribution in [0.15, 0.2) is 35.2 Å². The monoisotopic (exact) mass is 401 g/mol. The highest BCUT2D eigenvalue weighted by Gasteiger charge is 2.26. The van der Waals surface area contributed by atoms with E-state index in [2.05, 4.69) is 4.72 Å². The van der Waals surface area contributed by atoms with Gasteiger partial charge >= 0.3 is 0 Å². The van der Waals surface area contributed by atoms with Crippen LogP contribution in [0.1, 0.15) is 19.4 Å². The first kappa shape index (κ1) is 18.2. The molecule has 25 heavy (non-hydrogen) atoms. The average molecular weight is 402 g/mol. The molecule has 8 heteroatoms. The van der Waals surface area contributed by atoms with Crippen LogP contribution in [0, 0.1) is 0 Å². The van der Waals surface area contributed by atoms with Crippen molar-refractivity contribution < 1.29 is 17.9 Å². The summed E-state index contributed by atoms with van der Waals surface area (Å²) in [4.78, 5) is -0.171. The maximum atomic E-state index is 12.8. The van der Waals surface area contributed by atoms with Crippen LogP contribution in [0.5, 0.6) is 11.5 Å². The van der Waals surface area contributed by atoms with E-state index in [1.54, 1.807) is 18.2 Å². The molecule has 0 saturated heterocycles. The summed E-state index contributed by atoms with van der Waals surface area (Å²) in [5, 5.41) is 0.0907. The second-order valence-electron chi connectivity index (χ2n) is 5.68. The van der Waals surface area contributed by atoms with Crippen molar-refractivity contribution in [3.8, 4) is 11.5 Å². The van der Waals surface area contributed by atoms with Gasteiger partial charge in [0.2, 0.25) is 0 Å². The van der Waals surface area contributed by atoms with E-state index < -0.39 is 10.0 Å². The number of fused-ring (bicyclic) bond motifs is 1. The molecular weight excluding hydrogens is 385 g/mol. The molecule has 0 spiro atoms. The van der Waals surface area contributed by atoms with Crippen molar-refractivity contribution in [1.29, 1.82) is 0 Å². The van der Waals surface area contributed by atoms with E-state index in [0.29, 0.717) is 18.1 Å². The van der Waals surface area contributed by atoms with Crippen molar-refractivity contribution in [1.82, 2.24) is 0 Å². The SMILES string of the molecule is CCOc1cc2c(cc1NS(=O)(=O)c1c(Cl)cccc1Cl)OC(C)C2. The van der Waals surface area contributed by atoms with E-state index in [1.165, 1.54) is 12.1 Å². The predicted octanol–water partition coefficient (Wildman–Crippen LogP) is 4.52. The van der Waals surface area contributed by atoms with E-state index in [0.717, 1.165) is 12.0 Å². The molecule has 1 aliphatic rings. The first-order chi connectivity index (χ1) is 11.8. The summed E-state index contributed by atoms with van der Waals surface area (Å²) < 4.78 is 39.4. The van der Waals surface area contributed by atoms with Crippen LogP contribution in [0.2, 0.25) is 10.0 Å². The molecule has 1 unspecified atom stereocenters. The average Bonchev–Trinajstić information content (AvgIpc) is 2.86. The van der Waals surface area contributed by atoms with Crippen LogP contribution in [0.3, 0.4) is 0 Å². The zero-order valence-corrected chi connectivity index (χ0v) is 16.0. The van der Waals surface area contributed by atoms with Crippen LogP contribution in [0.25, 0.3) is 0 Å². The fourth-order valence-electron chi connectivity index (χ4n) is 2.73. The van der Waals surface area contributed by atoms with Gasteiger partial charge in [0.15, 0.2) is 0 Å². The van der Waals surface area contributed by atoms with Crippen LogP contribution in [0.4, 0.5) is 5.69 Å². The van der Waals surface area contributed by atoms with Crippen molar-refractivity contribution in [2.24, 2.45) is 0 Å². The fourth-order valence-corrected chi connectivity index (χ4v) is 4.94. The lowest BCUT2D eigenvalue weighted by molar-refractivity contribution is 0.254. The first-order valence-corrected chi connectivity index (χ1v) is 9.99. The van der Waals surface area contributed by atoms with Gasteiger partial charge in [0.05, 0.1) is 22.3 Å². The Kier molecular flexibility index (Phi) is 5.04. The minimum atomic E-state index is -4.00. The van der Waals surface area contributed by atoms with Gasteiger partial charge in [-0.1, -0.05) is 29.3 Å². The maximum absolute atomic E-state index is 12.8. The zero-order chi connectivity index (χ0) is 18.2. The third-order valence-electron chi connectivity index (χ3n) is 3.73. The van der Waals surface area contributed by atoms with Gasteiger partial charge in [0.1, 0.15) is 22.5 Å². The van der Waals surface area contributed by atoms with Crippen LogP contribution in [-0.2, 0) is 16.4 Å². The number of benzene rings is 2. The van der Waals surface area contributed by atoms with E-state index >= 15 is 0 Å². The third-order valence-corrected chi connectivity index (χ3v) is 6.05. The highest BCUT2D eigenvalue weighted by molar-refractivity contribution is 7.93. The van der Waals surface area contributed by atoms with Gasteiger partial charge in [-0.3, -0.25) is 4.72 Å². The number of anilines is 1. The Labute approximate surface area is 156 Å². The molecule has 0 amide bonds. The van der Waals surface area contributed by atoms with Crippen molar-refractivity contribution in [2.45, 2.75) is 31.3 Å². The van der Waals surface area contributed by atoms with Gasteiger partial charge in [-0.25, -0.2) is 8.42 Å². The molecule has 0 radical (unpaired) electrons. The molecule has 1 aliphatic heterocycles. The van der Waals surface area contributed by atoms with Crippen molar-refractivity contribution >= 4 is 38.9 Å². The van der Waals surface area contributed by atoms with Gasteiger partial charge in [0, 0.05) is 18.1 Å². The Hall–Kier alpha value is -1.63. The molecule has 3 rings (SSSR count). The summed E-state index contributed by atoms with van der Waals surface area (Å²) in [7, 11) is -4.00. The highest BCUT2D eigenvalue weighted by atomic mass is 35.5. The largest absolute Gasteiger partial charge is 0.492 e. The molecule has 1 heterocycles. The number of rotatable bonds is 5. The van der Waals surface area contributed by atoms with Crippen LogP contribution >= 0.6 is 23.2 Å². The highest BCUT2D eigenvalue weighted by Crippen LogP contribution is 2.40. The van der Waals surface area contributed by atoms with Crippen molar-refractivity contribution in [2.75, 3.05) is 11.3 Å². The Morgan fingerprint density at radius 2 is 1.96 bits per heavy atom. The quantitative estimate of drug-likeness (QED) is 0.799. The second kappa shape index (κ2) is 6.94. The van der Waals surface area contributed by atoms with Gasteiger partial charge in [-0.15, -0.1) is 0 Å². The summed E-state index contributed by atoms with van der Waals surface area (Å²) in [6.45, 7) is 4.18. The minimum absolute atomic E-state index is 0.0364. The number of ether oxygens (including phenoxy) is 2. The summed E-state index contributed by atoms with van der Waals surface area (Å²) in [6.07, 6.45) is 0.785. The van der Waals surface area contributed by atoms with Crippen LogP contribution in [-0.4, -0.2) is 21.1 Å². The number of nitrogens with one attached hydrogen (secondary N) is 1. The molecular formula is C17H17Cl2NO4S. The number of sulfonamides is 1. The molecule has 2 aromatic carbocycles. The lowest BCUT2D eigenvalue weighted by Crippen LogP contribution is -2.15. The molecule has 2 aromatic rings. The summed E-state index contributed by atoms with van der Waals surface area (Å²) in [5.74, 6) is 1.07. The first-order valence-electron chi connectivity index (χ1n) is 7.75. The Morgan fingerprint density at radius 3 is 2.60 bits per heavy atom. The number of halogens is 2.